The van der Waals surface area contributed by atoms with Crippen LogP contribution >= 0.6 is 0 Å². The molecule has 0 radical (unpaired) electrons. The van der Waals surface area contributed by atoms with E-state index in [-0.39, 0.29) is 4.90 Å². The summed E-state index contributed by atoms with van der Waals surface area (Å²) in [5.41, 5.74) is 3.05. The number of hydrogen-bond acceptors (Lipinski definition) is 4. The summed E-state index contributed by atoms with van der Waals surface area (Å²) in [6.45, 7) is 16.0. The van der Waals surface area contributed by atoms with E-state index in [9.17, 15) is 13.2 Å². The van der Waals surface area contributed by atoms with Gasteiger partial charge in [-0.3, -0.25) is 9.69 Å². The number of benzene rings is 1. The molecule has 0 aliphatic carbocycles. The van der Waals surface area contributed by atoms with Gasteiger partial charge in [-0.25, -0.2) is 13.1 Å². The maximum absolute atomic E-state index is 12.7. The van der Waals surface area contributed by atoms with Crippen molar-refractivity contribution in [3.05, 3.63) is 52.8 Å². The van der Waals surface area contributed by atoms with Crippen molar-refractivity contribution < 1.29 is 13.2 Å². The van der Waals surface area contributed by atoms with Gasteiger partial charge in [0.1, 0.15) is 0 Å². The molecule has 2 rings (SSSR count). The number of sulfonamides is 1. The Bertz CT molecular complexity index is 950. The third kappa shape index (κ3) is 5.48. The molecule has 0 aliphatic rings. The quantitative estimate of drug-likeness (QED) is 0.709. The molecule has 1 N–H and O–H groups in total. The maximum Gasteiger partial charge on any atom is 0.266 e. The van der Waals surface area contributed by atoms with Crippen molar-refractivity contribution in [2.45, 2.75) is 72.0 Å². The predicted molar refractivity (Wildman–Crippen MR) is 117 cm³/mol. The summed E-state index contributed by atoms with van der Waals surface area (Å²) in [6.07, 6.45) is 0. The first-order chi connectivity index (χ1) is 13.4. The fourth-order valence-electron chi connectivity index (χ4n) is 3.66. The van der Waals surface area contributed by atoms with Crippen molar-refractivity contribution in [1.29, 1.82) is 0 Å². The number of nitrogens with one attached hydrogen (secondary N) is 1. The Morgan fingerprint density at radius 1 is 1.03 bits per heavy atom. The molecule has 0 saturated heterocycles. The first-order valence-electron chi connectivity index (χ1n) is 10.00. The van der Waals surface area contributed by atoms with Gasteiger partial charge in [0.2, 0.25) is 0 Å². The molecule has 1 amide bonds. The van der Waals surface area contributed by atoms with E-state index in [4.69, 9.17) is 0 Å². The molecule has 1 heterocycles. The number of rotatable bonds is 8. The van der Waals surface area contributed by atoms with E-state index in [2.05, 4.69) is 41.9 Å². The van der Waals surface area contributed by atoms with E-state index < -0.39 is 15.9 Å². The Balaban J connectivity index is 2.20. The number of aryl methyl sites for hydroxylation is 2. The summed E-state index contributed by atoms with van der Waals surface area (Å²) in [5, 5.41) is 0. The molecule has 160 valence electrons. The second-order valence-corrected chi connectivity index (χ2v) is 9.79. The monoisotopic (exact) mass is 419 g/mol. The van der Waals surface area contributed by atoms with E-state index in [1.165, 1.54) is 12.1 Å². The molecule has 0 atom stereocenters. The standard InChI is InChI=1S/C22H33N3O3S/c1-15(2)24(16(3)4)12-13-25-18(6)14-21(19(25)7)22(26)23-29(27,28)20-10-8-17(5)9-11-20/h8-11,14-16H,12-13H2,1-7H3,(H,23,26). The Labute approximate surface area is 175 Å². The van der Waals surface area contributed by atoms with Crippen LogP contribution < -0.4 is 4.72 Å². The summed E-state index contributed by atoms with van der Waals surface area (Å²) >= 11 is 0. The van der Waals surface area contributed by atoms with Crippen LogP contribution in [0, 0.1) is 20.8 Å². The van der Waals surface area contributed by atoms with Gasteiger partial charge in [-0.05, 0) is 66.7 Å². The lowest BCUT2D eigenvalue weighted by atomic mass is 10.2. The van der Waals surface area contributed by atoms with Gasteiger partial charge in [-0.2, -0.15) is 0 Å². The second-order valence-electron chi connectivity index (χ2n) is 8.11. The van der Waals surface area contributed by atoms with Crippen molar-refractivity contribution in [2.75, 3.05) is 6.54 Å². The number of hydrogen-bond donors (Lipinski definition) is 1. The van der Waals surface area contributed by atoms with Gasteiger partial charge < -0.3 is 4.57 Å². The molecule has 6 nitrogen and oxygen atoms in total. The summed E-state index contributed by atoms with van der Waals surface area (Å²) in [7, 11) is -3.91. The smallest absolute Gasteiger partial charge is 0.266 e. The topological polar surface area (TPSA) is 71.4 Å². The predicted octanol–water partition coefficient (Wildman–Crippen LogP) is 3.65. The molecular formula is C22H33N3O3S. The van der Waals surface area contributed by atoms with Gasteiger partial charge in [0.05, 0.1) is 10.5 Å². The van der Waals surface area contributed by atoms with Crippen molar-refractivity contribution in [2.24, 2.45) is 0 Å². The minimum Gasteiger partial charge on any atom is -0.347 e. The van der Waals surface area contributed by atoms with Gasteiger partial charge in [0.15, 0.2) is 0 Å². The lowest BCUT2D eigenvalue weighted by Gasteiger charge is -2.31. The highest BCUT2D eigenvalue weighted by Crippen LogP contribution is 2.18. The Morgan fingerprint density at radius 3 is 2.10 bits per heavy atom. The highest BCUT2D eigenvalue weighted by atomic mass is 32.2. The Morgan fingerprint density at radius 2 is 1.59 bits per heavy atom. The molecule has 0 bridgehead atoms. The summed E-state index contributed by atoms with van der Waals surface area (Å²) in [5.74, 6) is -0.602. The number of amides is 1. The van der Waals surface area contributed by atoms with E-state index >= 15 is 0 Å². The van der Waals surface area contributed by atoms with Gasteiger partial charge in [0, 0.05) is 36.6 Å². The summed E-state index contributed by atoms with van der Waals surface area (Å²) in [4.78, 5) is 15.2. The Hall–Kier alpha value is -2.12. The number of nitrogens with zero attached hydrogens (tertiary/aromatic N) is 2. The average molecular weight is 420 g/mol. The van der Waals surface area contributed by atoms with Gasteiger partial charge in [0.25, 0.3) is 15.9 Å². The first kappa shape index (κ1) is 23.2. The molecule has 0 fully saturated rings. The molecule has 0 aliphatic heterocycles. The SMILES string of the molecule is Cc1ccc(S(=O)(=O)NC(=O)c2cc(C)n(CCN(C(C)C)C(C)C)c2C)cc1. The normalized spacial score (nSPS) is 12.2. The lowest BCUT2D eigenvalue weighted by molar-refractivity contribution is 0.0980. The molecule has 0 saturated carbocycles. The minimum absolute atomic E-state index is 0.0785. The average Bonchev–Trinajstić information content (AvgIpc) is 2.89. The molecule has 1 aromatic heterocycles. The van der Waals surface area contributed by atoms with Gasteiger partial charge in [-0.1, -0.05) is 17.7 Å². The van der Waals surface area contributed by atoms with Crippen molar-refractivity contribution in [1.82, 2.24) is 14.2 Å². The van der Waals surface area contributed by atoms with E-state index in [0.717, 1.165) is 30.0 Å². The summed E-state index contributed by atoms with van der Waals surface area (Å²) in [6, 6.07) is 9.02. The minimum atomic E-state index is -3.91. The van der Waals surface area contributed by atoms with Crippen LogP contribution in [0.2, 0.25) is 0 Å². The van der Waals surface area contributed by atoms with Crippen LogP contribution in [0.4, 0.5) is 0 Å². The molecule has 2 aromatic rings. The van der Waals surface area contributed by atoms with Crippen LogP contribution in [-0.2, 0) is 16.6 Å². The highest BCUT2D eigenvalue weighted by Gasteiger charge is 2.23. The summed E-state index contributed by atoms with van der Waals surface area (Å²) < 4.78 is 29.4. The number of carbonyl (C=O) groups is 1. The maximum atomic E-state index is 12.7. The number of aromatic nitrogens is 1. The van der Waals surface area contributed by atoms with E-state index in [1.807, 2.05) is 20.8 Å². The van der Waals surface area contributed by atoms with Crippen molar-refractivity contribution in [3.8, 4) is 0 Å². The molecule has 0 unspecified atom stereocenters. The highest BCUT2D eigenvalue weighted by molar-refractivity contribution is 7.90. The largest absolute Gasteiger partial charge is 0.347 e. The fourth-order valence-corrected chi connectivity index (χ4v) is 4.62. The molecule has 29 heavy (non-hydrogen) atoms. The third-order valence-corrected chi connectivity index (χ3v) is 6.63. The molecular weight excluding hydrogens is 386 g/mol. The van der Waals surface area contributed by atoms with Gasteiger partial charge >= 0.3 is 0 Å². The fraction of sp³-hybridized carbons (Fsp3) is 0.500. The van der Waals surface area contributed by atoms with Crippen molar-refractivity contribution >= 4 is 15.9 Å². The zero-order chi connectivity index (χ0) is 21.9. The zero-order valence-corrected chi connectivity index (χ0v) is 19.3. The molecule has 7 heteroatoms. The molecule has 0 spiro atoms. The van der Waals surface area contributed by atoms with Crippen LogP contribution in [-0.4, -0.2) is 42.4 Å². The van der Waals surface area contributed by atoms with Gasteiger partial charge in [-0.15, -0.1) is 0 Å². The van der Waals surface area contributed by atoms with Crippen LogP contribution in [0.5, 0.6) is 0 Å². The van der Waals surface area contributed by atoms with E-state index in [0.29, 0.717) is 17.6 Å². The molecule has 1 aromatic carbocycles. The number of carbonyl (C=O) groups excluding carboxylic acids is 1. The Kier molecular flexibility index (Phi) is 7.30. The third-order valence-electron chi connectivity index (χ3n) is 5.29. The lowest BCUT2D eigenvalue weighted by Crippen LogP contribution is -2.39. The van der Waals surface area contributed by atoms with Crippen molar-refractivity contribution in [3.63, 3.8) is 0 Å². The van der Waals surface area contributed by atoms with Crippen LogP contribution in [0.25, 0.3) is 0 Å². The van der Waals surface area contributed by atoms with Crippen LogP contribution in [0.1, 0.15) is 55.0 Å². The van der Waals surface area contributed by atoms with E-state index in [1.54, 1.807) is 18.2 Å². The van der Waals surface area contributed by atoms with Crippen LogP contribution in [0.15, 0.2) is 35.2 Å². The second kappa shape index (κ2) is 9.13. The zero-order valence-electron chi connectivity index (χ0n) is 18.5. The van der Waals surface area contributed by atoms with Crippen LogP contribution in [0.3, 0.4) is 0 Å². The first-order valence-corrected chi connectivity index (χ1v) is 11.5.